The lowest BCUT2D eigenvalue weighted by Gasteiger charge is -2.21. The maximum Gasteiger partial charge on any atom is 0.326 e. The van der Waals surface area contributed by atoms with Gasteiger partial charge in [-0.2, -0.15) is 5.10 Å². The van der Waals surface area contributed by atoms with Crippen molar-refractivity contribution < 1.29 is 19.4 Å². The smallest absolute Gasteiger partial charge is 0.326 e. The first kappa shape index (κ1) is 13.6. The Balaban J connectivity index is 1.90. The molecule has 2 aromatic rings. The van der Waals surface area contributed by atoms with Crippen molar-refractivity contribution in [2.24, 2.45) is 0 Å². The normalized spacial score (nSPS) is 21.9. The van der Waals surface area contributed by atoms with Gasteiger partial charge in [-0.25, -0.2) is 4.79 Å². The second kappa shape index (κ2) is 5.17. The number of rotatable bonds is 3. The second-order valence-corrected chi connectivity index (χ2v) is 5.08. The summed E-state index contributed by atoms with van der Waals surface area (Å²) in [4.78, 5) is 25.2. The Morgan fingerprint density at radius 3 is 3.00 bits per heavy atom. The zero-order valence-corrected chi connectivity index (χ0v) is 11.4. The van der Waals surface area contributed by atoms with Crippen LogP contribution in [-0.2, 0) is 9.53 Å². The van der Waals surface area contributed by atoms with Crippen molar-refractivity contribution in [2.75, 3.05) is 13.7 Å². The number of fused-ring (bicyclic) bond motifs is 1. The van der Waals surface area contributed by atoms with Crippen LogP contribution in [0.4, 0.5) is 0 Å². The number of carboxylic acids is 1. The molecule has 2 atom stereocenters. The number of carboxylic acid groups (broad SMARTS) is 1. The highest BCUT2D eigenvalue weighted by Gasteiger charge is 2.40. The summed E-state index contributed by atoms with van der Waals surface area (Å²) in [6.07, 6.45) is 1.73. The van der Waals surface area contributed by atoms with E-state index in [9.17, 15) is 14.7 Å². The van der Waals surface area contributed by atoms with Gasteiger partial charge in [-0.3, -0.25) is 9.89 Å². The van der Waals surface area contributed by atoms with Crippen LogP contribution in [0.1, 0.15) is 16.8 Å². The summed E-state index contributed by atoms with van der Waals surface area (Å²) in [5.74, 6) is -1.32. The molecule has 1 amide bonds. The van der Waals surface area contributed by atoms with Gasteiger partial charge in [0.25, 0.3) is 5.91 Å². The van der Waals surface area contributed by atoms with E-state index in [1.165, 1.54) is 12.0 Å². The van der Waals surface area contributed by atoms with Gasteiger partial charge < -0.3 is 14.7 Å². The minimum atomic E-state index is -1.01. The molecule has 2 unspecified atom stereocenters. The summed E-state index contributed by atoms with van der Waals surface area (Å²) in [6.45, 7) is 0.285. The maximum absolute atomic E-state index is 12.6. The minimum Gasteiger partial charge on any atom is -0.480 e. The fraction of sp³-hybridized carbons (Fsp3) is 0.357. The number of carbonyl (C=O) groups is 2. The number of aliphatic carboxylic acids is 1. The van der Waals surface area contributed by atoms with Crippen molar-refractivity contribution in [3.8, 4) is 0 Å². The number of ether oxygens (including phenoxy) is 1. The van der Waals surface area contributed by atoms with E-state index in [0.717, 1.165) is 10.9 Å². The van der Waals surface area contributed by atoms with Crippen LogP contribution in [0.15, 0.2) is 24.4 Å². The topological polar surface area (TPSA) is 95.5 Å². The number of likely N-dealkylation sites (tertiary alicyclic amines) is 1. The van der Waals surface area contributed by atoms with Crippen molar-refractivity contribution in [1.29, 1.82) is 0 Å². The standard InChI is InChI=1S/C14H15N3O4/c1-21-10-5-12(14(19)20)17(7-10)13(18)8-2-3-9-6-15-16-11(9)4-8/h2-4,6,10,12H,5,7H2,1H3,(H,15,16)(H,19,20). The number of hydrogen-bond acceptors (Lipinski definition) is 4. The molecule has 1 saturated heterocycles. The quantitative estimate of drug-likeness (QED) is 0.874. The van der Waals surface area contributed by atoms with E-state index in [2.05, 4.69) is 10.2 Å². The third-order valence-electron chi connectivity index (χ3n) is 3.83. The Bertz CT molecular complexity index is 696. The van der Waals surface area contributed by atoms with Crippen LogP contribution < -0.4 is 0 Å². The number of nitrogens with zero attached hydrogens (tertiary/aromatic N) is 2. The Morgan fingerprint density at radius 1 is 1.48 bits per heavy atom. The molecule has 7 heteroatoms. The van der Waals surface area contributed by atoms with Gasteiger partial charge in [0, 0.05) is 31.0 Å². The van der Waals surface area contributed by atoms with E-state index in [-0.39, 0.29) is 18.6 Å². The van der Waals surface area contributed by atoms with E-state index in [0.29, 0.717) is 12.0 Å². The predicted molar refractivity (Wildman–Crippen MR) is 74.0 cm³/mol. The number of aromatic nitrogens is 2. The van der Waals surface area contributed by atoms with Crippen LogP contribution in [0.3, 0.4) is 0 Å². The van der Waals surface area contributed by atoms with Gasteiger partial charge in [0.2, 0.25) is 0 Å². The summed E-state index contributed by atoms with van der Waals surface area (Å²) in [6, 6.07) is 4.30. The highest BCUT2D eigenvalue weighted by Crippen LogP contribution is 2.23. The molecule has 7 nitrogen and oxygen atoms in total. The van der Waals surface area contributed by atoms with Crippen LogP contribution >= 0.6 is 0 Å². The summed E-state index contributed by atoms with van der Waals surface area (Å²) in [5.41, 5.74) is 1.19. The number of aromatic amines is 1. The molecule has 0 radical (unpaired) electrons. The molecule has 2 heterocycles. The van der Waals surface area contributed by atoms with Gasteiger partial charge >= 0.3 is 5.97 Å². The Morgan fingerprint density at radius 2 is 2.29 bits per heavy atom. The molecule has 0 saturated carbocycles. The fourth-order valence-electron chi connectivity index (χ4n) is 2.66. The van der Waals surface area contributed by atoms with Crippen LogP contribution in [0.5, 0.6) is 0 Å². The summed E-state index contributed by atoms with van der Waals surface area (Å²) < 4.78 is 5.19. The number of nitrogens with one attached hydrogen (secondary N) is 1. The SMILES string of the molecule is COC1CC(C(=O)O)N(C(=O)c2ccc3cn[nH]c3c2)C1. The summed E-state index contributed by atoms with van der Waals surface area (Å²) in [7, 11) is 1.52. The molecular formula is C14H15N3O4. The van der Waals surface area contributed by atoms with Crippen LogP contribution in [0.2, 0.25) is 0 Å². The molecule has 1 aromatic heterocycles. The van der Waals surface area contributed by atoms with Gasteiger partial charge in [-0.05, 0) is 12.1 Å². The molecule has 1 aliphatic rings. The molecular weight excluding hydrogens is 274 g/mol. The summed E-state index contributed by atoms with van der Waals surface area (Å²) in [5, 5.41) is 16.9. The largest absolute Gasteiger partial charge is 0.480 e. The zero-order chi connectivity index (χ0) is 15.0. The van der Waals surface area contributed by atoms with Crippen LogP contribution in [0, 0.1) is 0 Å². The maximum atomic E-state index is 12.6. The molecule has 1 aromatic carbocycles. The Labute approximate surface area is 120 Å². The third kappa shape index (κ3) is 2.36. The van der Waals surface area contributed by atoms with Gasteiger partial charge in [-0.15, -0.1) is 0 Å². The molecule has 1 fully saturated rings. The molecule has 110 valence electrons. The number of carbonyl (C=O) groups excluding carboxylic acids is 1. The van der Waals surface area contributed by atoms with Crippen molar-refractivity contribution in [1.82, 2.24) is 15.1 Å². The van der Waals surface area contributed by atoms with Gasteiger partial charge in [-0.1, -0.05) is 6.07 Å². The lowest BCUT2D eigenvalue weighted by molar-refractivity contribution is -0.141. The molecule has 0 bridgehead atoms. The molecule has 0 aliphatic carbocycles. The molecule has 1 aliphatic heterocycles. The van der Waals surface area contributed by atoms with E-state index in [4.69, 9.17) is 4.74 Å². The lowest BCUT2D eigenvalue weighted by atomic mass is 10.1. The first-order chi connectivity index (χ1) is 10.1. The first-order valence-corrected chi connectivity index (χ1v) is 6.60. The van der Waals surface area contributed by atoms with E-state index in [1.807, 2.05) is 0 Å². The molecule has 2 N–H and O–H groups in total. The third-order valence-corrected chi connectivity index (χ3v) is 3.83. The van der Waals surface area contributed by atoms with Crippen molar-refractivity contribution in [3.05, 3.63) is 30.0 Å². The zero-order valence-electron chi connectivity index (χ0n) is 11.4. The minimum absolute atomic E-state index is 0.245. The van der Waals surface area contributed by atoms with Gasteiger partial charge in [0.1, 0.15) is 6.04 Å². The van der Waals surface area contributed by atoms with Crippen molar-refractivity contribution in [3.63, 3.8) is 0 Å². The molecule has 21 heavy (non-hydrogen) atoms. The number of hydrogen-bond donors (Lipinski definition) is 2. The van der Waals surface area contributed by atoms with Gasteiger partial charge in [0.15, 0.2) is 0 Å². The van der Waals surface area contributed by atoms with Crippen LogP contribution in [-0.4, -0.2) is 57.9 Å². The average Bonchev–Trinajstić information content (AvgIpc) is 3.11. The van der Waals surface area contributed by atoms with E-state index < -0.39 is 12.0 Å². The number of amides is 1. The first-order valence-electron chi connectivity index (χ1n) is 6.60. The molecule has 0 spiro atoms. The van der Waals surface area contributed by atoms with E-state index in [1.54, 1.807) is 24.4 Å². The predicted octanol–water partition coefficient (Wildman–Crippen LogP) is 0.877. The van der Waals surface area contributed by atoms with Crippen molar-refractivity contribution >= 4 is 22.8 Å². The van der Waals surface area contributed by atoms with E-state index >= 15 is 0 Å². The monoisotopic (exact) mass is 289 g/mol. The Hall–Kier alpha value is -2.41. The second-order valence-electron chi connectivity index (χ2n) is 5.08. The lowest BCUT2D eigenvalue weighted by Crippen LogP contribution is -2.40. The van der Waals surface area contributed by atoms with Gasteiger partial charge in [0.05, 0.1) is 17.8 Å². The number of benzene rings is 1. The number of methoxy groups -OCH3 is 1. The average molecular weight is 289 g/mol. The van der Waals surface area contributed by atoms with Crippen molar-refractivity contribution in [2.45, 2.75) is 18.6 Å². The van der Waals surface area contributed by atoms with Crippen LogP contribution in [0.25, 0.3) is 10.9 Å². The summed E-state index contributed by atoms with van der Waals surface area (Å²) >= 11 is 0. The Kier molecular flexibility index (Phi) is 3.34. The fourth-order valence-corrected chi connectivity index (χ4v) is 2.66. The number of H-pyrrole nitrogens is 1. The molecule has 3 rings (SSSR count). The highest BCUT2D eigenvalue weighted by atomic mass is 16.5. The highest BCUT2D eigenvalue weighted by molar-refractivity contribution is 5.99.